The summed E-state index contributed by atoms with van der Waals surface area (Å²) in [5, 5.41) is 9.88. The predicted octanol–water partition coefficient (Wildman–Crippen LogP) is 0.896. The number of rotatable bonds is 8. The van der Waals surface area contributed by atoms with Crippen LogP contribution in [0.3, 0.4) is 0 Å². The Balaban J connectivity index is 2.09. The molecule has 9 nitrogen and oxygen atoms in total. The summed E-state index contributed by atoms with van der Waals surface area (Å²) >= 11 is 0. The first-order valence-corrected chi connectivity index (χ1v) is 10.1. The molecule has 1 aliphatic rings. The Morgan fingerprint density at radius 3 is 2.43 bits per heavy atom. The molecule has 2 amide bonds. The van der Waals surface area contributed by atoms with Crippen LogP contribution in [0.2, 0.25) is 0 Å². The minimum Gasteiger partial charge on any atom is -0.346 e. The number of nitrogens with zero attached hydrogens (tertiary/aromatic N) is 3. The zero-order valence-electron chi connectivity index (χ0n) is 17.5. The summed E-state index contributed by atoms with van der Waals surface area (Å²) in [5.41, 5.74) is 5.17. The molecule has 1 aliphatic carbocycles. The van der Waals surface area contributed by atoms with Crippen molar-refractivity contribution in [2.45, 2.75) is 70.5 Å². The number of amides is 2. The highest BCUT2D eigenvalue weighted by Gasteiger charge is 2.39. The lowest BCUT2D eigenvalue weighted by molar-refractivity contribution is -0.128. The second kappa shape index (κ2) is 9.97. The molecule has 1 fully saturated rings. The van der Waals surface area contributed by atoms with Gasteiger partial charge in [0.05, 0.1) is 19.1 Å². The van der Waals surface area contributed by atoms with Crippen LogP contribution in [0, 0.1) is 5.92 Å². The van der Waals surface area contributed by atoms with Gasteiger partial charge in [-0.3, -0.25) is 9.59 Å². The summed E-state index contributed by atoms with van der Waals surface area (Å²) in [4.78, 5) is 31.1. The molecule has 2 rings (SSSR count). The van der Waals surface area contributed by atoms with E-state index in [0.29, 0.717) is 18.3 Å². The molecule has 1 saturated carbocycles. The fourth-order valence-electron chi connectivity index (χ4n) is 3.42. The maximum absolute atomic E-state index is 12.6. The van der Waals surface area contributed by atoms with Gasteiger partial charge in [-0.15, -0.1) is 0 Å². The molecule has 1 aromatic heterocycles. The molecular formula is C19H34N6O3. The molecule has 0 unspecified atom stereocenters. The van der Waals surface area contributed by atoms with E-state index >= 15 is 0 Å². The molecule has 0 aliphatic heterocycles. The van der Waals surface area contributed by atoms with Crippen LogP contribution in [0.1, 0.15) is 64.1 Å². The van der Waals surface area contributed by atoms with Gasteiger partial charge >= 0.3 is 0 Å². The topological polar surface area (TPSA) is 126 Å². The van der Waals surface area contributed by atoms with E-state index < -0.39 is 11.6 Å². The standard InChI is InChI=1S/C19H34N6O3/c1-13(2)16(20)17(27)21-11-14(26)23-19(9-7-5-6-8-10-19)18-22-15(28-24-18)12-25(3)4/h13,16H,5-12,20H2,1-4H3,(H,21,27)(H,23,26)/t16-/m0/s1. The van der Waals surface area contributed by atoms with Gasteiger partial charge in [0.15, 0.2) is 5.82 Å². The number of aromatic nitrogens is 2. The van der Waals surface area contributed by atoms with Crippen LogP contribution in [-0.4, -0.2) is 53.5 Å². The molecule has 1 aromatic rings. The molecule has 158 valence electrons. The summed E-state index contributed by atoms with van der Waals surface area (Å²) in [7, 11) is 3.86. The van der Waals surface area contributed by atoms with E-state index in [1.807, 2.05) is 32.8 Å². The number of carbonyl (C=O) groups is 2. The highest BCUT2D eigenvalue weighted by molar-refractivity contribution is 5.87. The lowest BCUT2D eigenvalue weighted by Gasteiger charge is -2.31. The quantitative estimate of drug-likeness (QED) is 0.559. The lowest BCUT2D eigenvalue weighted by Crippen LogP contribution is -2.52. The van der Waals surface area contributed by atoms with Crippen molar-refractivity contribution in [3.8, 4) is 0 Å². The first kappa shape index (κ1) is 22.3. The van der Waals surface area contributed by atoms with Gasteiger partial charge in [-0.1, -0.05) is 44.7 Å². The van der Waals surface area contributed by atoms with Gasteiger partial charge in [-0.05, 0) is 32.9 Å². The SMILES string of the molecule is CC(C)[C@H](N)C(=O)NCC(=O)NC1(c2noc(CN(C)C)n2)CCCCCC1. The van der Waals surface area contributed by atoms with Gasteiger partial charge < -0.3 is 25.8 Å². The minimum absolute atomic E-state index is 0.00529. The largest absolute Gasteiger partial charge is 0.346 e. The summed E-state index contributed by atoms with van der Waals surface area (Å²) in [6.45, 7) is 4.16. The van der Waals surface area contributed by atoms with Crippen molar-refractivity contribution in [2.24, 2.45) is 11.7 Å². The Labute approximate surface area is 166 Å². The van der Waals surface area contributed by atoms with Gasteiger partial charge in [0.25, 0.3) is 0 Å². The number of carbonyl (C=O) groups excluding carboxylic acids is 2. The van der Waals surface area contributed by atoms with Crippen molar-refractivity contribution >= 4 is 11.8 Å². The molecule has 1 atom stereocenters. The van der Waals surface area contributed by atoms with Crippen LogP contribution in [-0.2, 0) is 21.7 Å². The maximum Gasteiger partial charge on any atom is 0.240 e. The van der Waals surface area contributed by atoms with Crippen LogP contribution >= 0.6 is 0 Å². The molecule has 1 heterocycles. The Morgan fingerprint density at radius 2 is 1.86 bits per heavy atom. The normalized spacial score (nSPS) is 18.0. The fourth-order valence-corrected chi connectivity index (χ4v) is 3.42. The third kappa shape index (κ3) is 6.00. The van der Waals surface area contributed by atoms with E-state index in [2.05, 4.69) is 20.8 Å². The monoisotopic (exact) mass is 394 g/mol. The molecule has 0 bridgehead atoms. The fraction of sp³-hybridized carbons (Fsp3) is 0.789. The Kier molecular flexibility index (Phi) is 7.94. The molecule has 9 heteroatoms. The second-order valence-corrected chi connectivity index (χ2v) is 8.28. The third-order valence-corrected chi connectivity index (χ3v) is 5.13. The van der Waals surface area contributed by atoms with Gasteiger partial charge in [-0.2, -0.15) is 4.98 Å². The van der Waals surface area contributed by atoms with E-state index in [9.17, 15) is 9.59 Å². The van der Waals surface area contributed by atoms with Gasteiger partial charge in [0, 0.05) is 0 Å². The van der Waals surface area contributed by atoms with Crippen molar-refractivity contribution in [3.05, 3.63) is 11.7 Å². The molecule has 28 heavy (non-hydrogen) atoms. The predicted molar refractivity (Wildman–Crippen MR) is 105 cm³/mol. The van der Waals surface area contributed by atoms with Crippen molar-refractivity contribution in [2.75, 3.05) is 20.6 Å². The van der Waals surface area contributed by atoms with Gasteiger partial charge in [-0.25, -0.2) is 0 Å². The van der Waals surface area contributed by atoms with Crippen molar-refractivity contribution in [1.82, 2.24) is 25.7 Å². The smallest absolute Gasteiger partial charge is 0.240 e. The van der Waals surface area contributed by atoms with Crippen molar-refractivity contribution in [3.63, 3.8) is 0 Å². The van der Waals surface area contributed by atoms with Crippen LogP contribution in [0.15, 0.2) is 4.52 Å². The maximum atomic E-state index is 12.6. The zero-order valence-corrected chi connectivity index (χ0v) is 17.5. The average Bonchev–Trinajstić information content (AvgIpc) is 2.97. The minimum atomic E-state index is -0.660. The van der Waals surface area contributed by atoms with E-state index in [1.165, 1.54) is 0 Å². The summed E-state index contributed by atoms with van der Waals surface area (Å²) in [6, 6.07) is -0.634. The zero-order chi connectivity index (χ0) is 20.7. The van der Waals surface area contributed by atoms with E-state index in [0.717, 1.165) is 38.5 Å². The number of nitrogens with one attached hydrogen (secondary N) is 2. The van der Waals surface area contributed by atoms with Gasteiger partial charge in [0.2, 0.25) is 17.7 Å². The molecule has 0 aromatic carbocycles. The lowest BCUT2D eigenvalue weighted by atomic mass is 9.89. The van der Waals surface area contributed by atoms with Crippen LogP contribution in [0.25, 0.3) is 0 Å². The van der Waals surface area contributed by atoms with Crippen LogP contribution < -0.4 is 16.4 Å². The third-order valence-electron chi connectivity index (χ3n) is 5.13. The summed E-state index contributed by atoms with van der Waals surface area (Å²) in [6.07, 6.45) is 5.67. The van der Waals surface area contributed by atoms with Crippen molar-refractivity contribution in [1.29, 1.82) is 0 Å². The first-order valence-electron chi connectivity index (χ1n) is 10.1. The molecular weight excluding hydrogens is 360 g/mol. The molecule has 0 spiro atoms. The Bertz CT molecular complexity index is 650. The molecule has 0 saturated heterocycles. The Hall–Kier alpha value is -2.00. The van der Waals surface area contributed by atoms with E-state index in [1.54, 1.807) is 0 Å². The van der Waals surface area contributed by atoms with Crippen molar-refractivity contribution < 1.29 is 14.1 Å². The highest BCUT2D eigenvalue weighted by Crippen LogP contribution is 2.34. The second-order valence-electron chi connectivity index (χ2n) is 8.28. The highest BCUT2D eigenvalue weighted by atomic mass is 16.5. The Morgan fingerprint density at radius 1 is 1.21 bits per heavy atom. The average molecular weight is 395 g/mol. The summed E-state index contributed by atoms with van der Waals surface area (Å²) in [5.74, 6) is 0.447. The molecule has 0 radical (unpaired) electrons. The van der Waals surface area contributed by atoms with Crippen LogP contribution in [0.5, 0.6) is 0 Å². The van der Waals surface area contributed by atoms with Crippen LogP contribution in [0.4, 0.5) is 0 Å². The van der Waals surface area contributed by atoms with E-state index in [-0.39, 0.29) is 24.3 Å². The number of hydrogen-bond donors (Lipinski definition) is 3. The summed E-state index contributed by atoms with van der Waals surface area (Å²) < 4.78 is 5.39. The van der Waals surface area contributed by atoms with Gasteiger partial charge in [0.1, 0.15) is 5.54 Å². The first-order chi connectivity index (χ1) is 13.2. The van der Waals surface area contributed by atoms with E-state index in [4.69, 9.17) is 10.3 Å². The number of nitrogens with two attached hydrogens (primary N) is 1. The molecule has 4 N–H and O–H groups in total. The number of hydrogen-bond acceptors (Lipinski definition) is 7.